The predicted molar refractivity (Wildman–Crippen MR) is 307 cm³/mol. The van der Waals surface area contributed by atoms with Crippen LogP contribution in [0.3, 0.4) is 0 Å². The van der Waals surface area contributed by atoms with Gasteiger partial charge in [-0.3, -0.25) is 24.2 Å². The minimum absolute atomic E-state index is 0.0638. The van der Waals surface area contributed by atoms with Gasteiger partial charge in [0.25, 0.3) is 0 Å². The fraction of sp³-hybridized carbons (Fsp3) is 0.476. The molecule has 2 unspecified atom stereocenters. The molecule has 1 aromatic rings. The number of hydrogen-bond acceptors (Lipinski definition) is 9. The van der Waals surface area contributed by atoms with E-state index in [0.29, 0.717) is 19.1 Å². The highest BCUT2D eigenvalue weighted by Gasteiger charge is 2.19. The molecule has 1 saturated heterocycles. The maximum absolute atomic E-state index is 11.5. The molecule has 73 heavy (non-hydrogen) atoms. The zero-order valence-corrected chi connectivity index (χ0v) is 45.6. The van der Waals surface area contributed by atoms with E-state index >= 15 is 0 Å². The molecule has 1 fully saturated rings. The van der Waals surface area contributed by atoms with Crippen molar-refractivity contribution in [1.29, 1.82) is 0 Å². The van der Waals surface area contributed by atoms with Gasteiger partial charge in [0.2, 0.25) is 0 Å². The Hall–Kier alpha value is -6.13. The fourth-order valence-corrected chi connectivity index (χ4v) is 5.91. The predicted octanol–water partition coefficient (Wildman–Crippen LogP) is 15.6. The van der Waals surface area contributed by atoms with Crippen molar-refractivity contribution in [3.05, 3.63) is 170 Å². The van der Waals surface area contributed by atoms with Gasteiger partial charge in [-0.2, -0.15) is 0 Å². The van der Waals surface area contributed by atoms with Crippen LogP contribution in [-0.2, 0) is 28.7 Å². The number of aromatic nitrogens is 1. The number of carbonyl (C=O) groups is 4. The number of aliphatic hydroxyl groups excluding tert-OH is 1. The number of hydrogen-bond donors (Lipinski definition) is 2. The number of pyridine rings is 1. The Morgan fingerprint density at radius 1 is 0.548 bits per heavy atom. The normalized spacial score (nSPS) is 14.0. The average Bonchev–Trinajstić information content (AvgIpc) is 3.79. The number of esters is 3. The lowest BCUT2D eigenvalue weighted by molar-refractivity contribution is -0.152. The molecule has 0 bridgehead atoms. The summed E-state index contributed by atoms with van der Waals surface area (Å²) >= 11 is 0. The molecule has 2 N–H and O–H groups in total. The van der Waals surface area contributed by atoms with Crippen LogP contribution in [0.15, 0.2) is 170 Å². The van der Waals surface area contributed by atoms with Gasteiger partial charge in [0.15, 0.2) is 0 Å². The van der Waals surface area contributed by atoms with Crippen molar-refractivity contribution >= 4 is 29.6 Å². The Bertz CT molecular complexity index is 1860. The quantitative estimate of drug-likeness (QED) is 0.0383. The van der Waals surface area contributed by atoms with Gasteiger partial charge in [0.05, 0.1) is 32.3 Å². The second-order valence-electron chi connectivity index (χ2n) is 17.1. The summed E-state index contributed by atoms with van der Waals surface area (Å²) in [5.41, 5.74) is 1.19. The zero-order chi connectivity index (χ0) is 54.1. The van der Waals surface area contributed by atoms with E-state index < -0.39 is 23.9 Å². The van der Waals surface area contributed by atoms with Crippen molar-refractivity contribution in [2.24, 2.45) is 11.8 Å². The first kappa shape index (κ1) is 68.9. The number of allylic oxidation sites excluding steroid dienone is 24. The lowest BCUT2D eigenvalue weighted by Crippen LogP contribution is -2.14. The Labute approximate surface area is 442 Å². The highest BCUT2D eigenvalue weighted by atomic mass is 16.6. The number of cyclic esters (lactones) is 2. The van der Waals surface area contributed by atoms with E-state index in [9.17, 15) is 19.2 Å². The summed E-state index contributed by atoms with van der Waals surface area (Å²) in [6.07, 6.45) is 72.4. The molecule has 0 spiro atoms. The highest BCUT2D eigenvalue weighted by Crippen LogP contribution is 2.12. The van der Waals surface area contributed by atoms with Gasteiger partial charge in [0.1, 0.15) is 0 Å². The molecule has 1 aromatic heterocycles. The van der Waals surface area contributed by atoms with E-state index in [4.69, 9.17) is 14.9 Å². The highest BCUT2D eigenvalue weighted by molar-refractivity contribution is 5.92. The molecule has 0 aliphatic carbocycles. The van der Waals surface area contributed by atoms with E-state index in [2.05, 4.69) is 183 Å². The first-order chi connectivity index (χ1) is 35.5. The molecule has 0 aromatic carbocycles. The van der Waals surface area contributed by atoms with E-state index in [0.717, 1.165) is 103 Å². The summed E-state index contributed by atoms with van der Waals surface area (Å²) in [5.74, 6) is -1.52. The van der Waals surface area contributed by atoms with Crippen LogP contribution in [0.1, 0.15) is 156 Å². The molecular formula is C63H94N2O8. The number of rotatable bonds is 35. The molecule has 1 aliphatic rings. The number of ether oxygens (including phenoxy) is 2. The number of aliphatic carboxylic acids is 1. The first-order valence-corrected chi connectivity index (χ1v) is 26.6. The zero-order valence-electron chi connectivity index (χ0n) is 45.6. The molecule has 10 heteroatoms. The minimum Gasteiger partial charge on any atom is -0.481 e. The van der Waals surface area contributed by atoms with Crippen molar-refractivity contribution in [1.82, 2.24) is 4.98 Å². The number of nitrogens with zero attached hydrogens (tertiary/aromatic N) is 2. The maximum Gasteiger partial charge on any atom is 0.314 e. The van der Waals surface area contributed by atoms with Gasteiger partial charge < -0.3 is 24.6 Å². The monoisotopic (exact) mass is 1010 g/mol. The number of carbonyl (C=O) groups excluding carboxylic acids is 3. The Morgan fingerprint density at radius 3 is 1.14 bits per heavy atom. The average molecular weight is 1010 g/mol. The summed E-state index contributed by atoms with van der Waals surface area (Å²) in [5, 5.41) is 17.7. The van der Waals surface area contributed by atoms with Gasteiger partial charge in [-0.05, 0) is 120 Å². The molecule has 404 valence electrons. The summed E-state index contributed by atoms with van der Waals surface area (Å²) in [7, 11) is 4.02. The second-order valence-corrected chi connectivity index (χ2v) is 17.1. The smallest absolute Gasteiger partial charge is 0.314 e. The Kier molecular flexibility index (Phi) is 52.1. The van der Waals surface area contributed by atoms with Crippen LogP contribution in [-0.4, -0.2) is 66.4 Å². The number of aliphatic hydroxyl groups is 1. The second kappa shape index (κ2) is 55.2. The van der Waals surface area contributed by atoms with Gasteiger partial charge in [-0.25, -0.2) is 0 Å². The van der Waals surface area contributed by atoms with E-state index in [1.807, 2.05) is 31.1 Å². The van der Waals surface area contributed by atoms with Crippen LogP contribution in [0.4, 0.5) is 5.69 Å². The molecule has 10 nitrogen and oxygen atoms in total. The third-order valence-corrected chi connectivity index (χ3v) is 10.5. The number of carboxylic acid groups (broad SMARTS) is 1. The van der Waals surface area contributed by atoms with E-state index in [1.165, 1.54) is 5.69 Å². The van der Waals surface area contributed by atoms with Crippen LogP contribution in [0, 0.1) is 11.8 Å². The number of anilines is 1. The lowest BCUT2D eigenvalue weighted by atomic mass is 10.0. The van der Waals surface area contributed by atoms with Crippen molar-refractivity contribution < 1.29 is 38.9 Å². The molecule has 2 atom stereocenters. The first-order valence-electron chi connectivity index (χ1n) is 26.6. The Balaban J connectivity index is 0. The van der Waals surface area contributed by atoms with Crippen molar-refractivity contribution in [3.8, 4) is 0 Å². The minimum atomic E-state index is -0.980. The van der Waals surface area contributed by atoms with Crippen LogP contribution < -0.4 is 4.90 Å². The molecule has 2 rings (SSSR count). The number of carboxylic acids is 1. The molecule has 0 saturated carbocycles. The summed E-state index contributed by atoms with van der Waals surface area (Å²) in [6, 6.07) is 3.94. The fourth-order valence-electron chi connectivity index (χ4n) is 5.91. The molecule has 0 amide bonds. The van der Waals surface area contributed by atoms with E-state index in [-0.39, 0.29) is 31.6 Å². The third-order valence-electron chi connectivity index (χ3n) is 10.5. The maximum atomic E-state index is 11.5. The van der Waals surface area contributed by atoms with Crippen molar-refractivity contribution in [2.75, 3.05) is 32.2 Å². The van der Waals surface area contributed by atoms with Crippen LogP contribution in [0.25, 0.3) is 0 Å². The van der Waals surface area contributed by atoms with Gasteiger partial charge in [-0.15, -0.1) is 0 Å². The SMILES string of the molecule is CC/C=C\C/C=C\C/C=C\C/C=C\C/C=C\C/C=C\CC(CC)CO.CC/C=C\C/C=C\C/C=C\C/C=C\C/C=C\C/C=C\CC(CC)COC(=O)CCC(=O)O.CN(C)c1ccncc1.O=C1CCC(=O)O1. The van der Waals surface area contributed by atoms with Crippen LogP contribution in [0.2, 0.25) is 0 Å². The summed E-state index contributed by atoms with van der Waals surface area (Å²) in [6.45, 7) is 9.13. The van der Waals surface area contributed by atoms with Crippen LogP contribution in [0.5, 0.6) is 0 Å². The van der Waals surface area contributed by atoms with E-state index in [1.54, 1.807) is 12.4 Å². The van der Waals surface area contributed by atoms with Gasteiger partial charge >= 0.3 is 23.9 Å². The standard InChI is InChI=1S/C28H42O4.C24H38O.C7H10N2.C4H4O3/c1-3-5-6-7-8-9-10-11-12-13-14-15-16-17-18-19-20-21-22-26(4-2)25-32-28(31)24-23-27(29)30;1-3-5-6-7-8-9-10-11-12-13-14-15-16-17-18-19-20-21-22-24(4-2)23-25;1-9(2)7-3-5-8-6-4-7;5-3-1-2-4(6)7-3/h5-6,8-9,11-12,14-15,17-18,20-21,26H,3-4,7,10,13,16,19,22-25H2,1-2H3,(H,29,30);5-6,8-9,11-12,14-15,17-18,20-21,24-25H,3-4,7,10,13,16,19,22-23H2,1-2H3;3-6H,1-2H3;1-2H2/b2*6-5-,9-8-,12-11-,15-14-,18-17-,21-20-;;. The summed E-state index contributed by atoms with van der Waals surface area (Å²) in [4.78, 5) is 47.9. The third kappa shape index (κ3) is 53.5. The Morgan fingerprint density at radius 2 is 0.877 bits per heavy atom. The lowest BCUT2D eigenvalue weighted by Gasteiger charge is -2.12. The van der Waals surface area contributed by atoms with Crippen molar-refractivity contribution in [3.63, 3.8) is 0 Å². The largest absolute Gasteiger partial charge is 0.481 e. The topological polar surface area (TPSA) is 143 Å². The van der Waals surface area contributed by atoms with Gasteiger partial charge in [-0.1, -0.05) is 180 Å². The summed E-state index contributed by atoms with van der Waals surface area (Å²) < 4.78 is 9.25. The molecule has 1 aliphatic heterocycles. The molecule has 0 radical (unpaired) electrons. The van der Waals surface area contributed by atoms with Crippen LogP contribution >= 0.6 is 0 Å². The van der Waals surface area contributed by atoms with Crippen molar-refractivity contribution in [2.45, 2.75) is 156 Å². The molecule has 2 heterocycles. The van der Waals surface area contributed by atoms with Gasteiger partial charge in [0, 0.05) is 38.8 Å². The molecular weight excluding hydrogens is 913 g/mol.